The fourth-order valence-electron chi connectivity index (χ4n) is 2.66. The molecule has 0 fully saturated rings. The average Bonchev–Trinajstić information content (AvgIpc) is 2.63. The van der Waals surface area contributed by atoms with E-state index in [4.69, 9.17) is 0 Å². The number of rotatable bonds is 5. The van der Waals surface area contributed by atoms with Crippen LogP contribution in [0.4, 0.5) is 0 Å². The second-order valence-corrected chi connectivity index (χ2v) is 6.86. The van der Waals surface area contributed by atoms with Crippen LogP contribution in [0.3, 0.4) is 0 Å². The summed E-state index contributed by atoms with van der Waals surface area (Å²) in [5, 5.41) is 3.15. The predicted octanol–water partition coefficient (Wildman–Crippen LogP) is 4.60. The molecule has 0 aliphatic carbocycles. The number of aryl methyl sites for hydroxylation is 1. The van der Waals surface area contributed by atoms with Gasteiger partial charge in [-0.1, -0.05) is 64.5 Å². The molecule has 1 aromatic heterocycles. The van der Waals surface area contributed by atoms with Crippen LogP contribution in [-0.4, -0.2) is 10.9 Å². The number of aromatic nitrogens is 1. The van der Waals surface area contributed by atoms with Gasteiger partial charge in [-0.3, -0.25) is 9.78 Å². The number of hydrogen-bond acceptors (Lipinski definition) is 2. The maximum atomic E-state index is 12.6. The summed E-state index contributed by atoms with van der Waals surface area (Å²) in [6.45, 7) is 1.93. The van der Waals surface area contributed by atoms with Crippen LogP contribution in [0.15, 0.2) is 77.4 Å². The first-order valence-electron chi connectivity index (χ1n) is 8.13. The van der Waals surface area contributed by atoms with Gasteiger partial charge in [0.05, 0.1) is 12.5 Å². The summed E-state index contributed by atoms with van der Waals surface area (Å²) < 4.78 is 1.01. The Kier molecular flexibility index (Phi) is 5.61. The molecule has 1 amide bonds. The number of carbonyl (C=O) groups is 1. The summed E-state index contributed by atoms with van der Waals surface area (Å²) in [6.07, 6.45) is 2.07. The maximum Gasteiger partial charge on any atom is 0.225 e. The van der Waals surface area contributed by atoms with Gasteiger partial charge in [0.2, 0.25) is 5.91 Å². The second-order valence-electron chi connectivity index (χ2n) is 5.95. The minimum absolute atomic E-state index is 0.0255. The van der Waals surface area contributed by atoms with E-state index in [1.165, 1.54) is 0 Å². The van der Waals surface area contributed by atoms with Gasteiger partial charge in [-0.2, -0.15) is 0 Å². The zero-order valence-electron chi connectivity index (χ0n) is 13.9. The first-order valence-corrected chi connectivity index (χ1v) is 8.92. The summed E-state index contributed by atoms with van der Waals surface area (Å²) in [5.74, 6) is -0.0255. The Hall–Kier alpha value is -2.46. The highest BCUT2D eigenvalue weighted by Gasteiger charge is 2.17. The molecule has 0 aliphatic rings. The molecule has 3 rings (SSSR count). The van der Waals surface area contributed by atoms with Crippen molar-refractivity contribution in [2.75, 3.05) is 0 Å². The van der Waals surface area contributed by atoms with Crippen molar-refractivity contribution in [2.24, 2.45) is 0 Å². The van der Waals surface area contributed by atoms with Gasteiger partial charge >= 0.3 is 0 Å². The summed E-state index contributed by atoms with van der Waals surface area (Å²) in [4.78, 5) is 16.8. The number of carbonyl (C=O) groups excluding carboxylic acids is 1. The number of nitrogens with zero attached hydrogens (tertiary/aromatic N) is 1. The van der Waals surface area contributed by atoms with Crippen LogP contribution in [0.1, 0.15) is 28.4 Å². The van der Waals surface area contributed by atoms with Gasteiger partial charge in [-0.05, 0) is 41.8 Å². The summed E-state index contributed by atoms with van der Waals surface area (Å²) in [6, 6.07) is 21.7. The molecule has 0 saturated heterocycles. The first-order chi connectivity index (χ1) is 12.1. The molecule has 2 aromatic carbocycles. The largest absolute Gasteiger partial charge is 0.345 e. The molecular formula is C21H19BrN2O. The Morgan fingerprint density at radius 2 is 1.68 bits per heavy atom. The molecule has 1 heterocycles. The van der Waals surface area contributed by atoms with Crippen molar-refractivity contribution in [1.82, 2.24) is 10.3 Å². The topological polar surface area (TPSA) is 42.0 Å². The molecule has 0 aliphatic heterocycles. The van der Waals surface area contributed by atoms with E-state index >= 15 is 0 Å². The predicted molar refractivity (Wildman–Crippen MR) is 103 cm³/mol. The third-order valence-corrected chi connectivity index (χ3v) is 4.51. The van der Waals surface area contributed by atoms with Gasteiger partial charge in [0.1, 0.15) is 0 Å². The molecule has 1 N–H and O–H groups in total. The van der Waals surface area contributed by atoms with Gasteiger partial charge in [0.25, 0.3) is 0 Å². The Morgan fingerprint density at radius 3 is 2.32 bits per heavy atom. The van der Waals surface area contributed by atoms with Crippen LogP contribution < -0.4 is 5.32 Å². The fraction of sp³-hybridized carbons (Fsp3) is 0.143. The third-order valence-electron chi connectivity index (χ3n) is 3.98. The monoisotopic (exact) mass is 394 g/mol. The van der Waals surface area contributed by atoms with E-state index in [1.54, 1.807) is 6.20 Å². The highest BCUT2D eigenvalue weighted by Crippen LogP contribution is 2.23. The van der Waals surface area contributed by atoms with Crippen molar-refractivity contribution in [2.45, 2.75) is 19.4 Å². The molecular weight excluding hydrogens is 376 g/mol. The van der Waals surface area contributed by atoms with Gasteiger partial charge in [-0.15, -0.1) is 0 Å². The van der Waals surface area contributed by atoms with Gasteiger partial charge < -0.3 is 5.32 Å². The Balaban J connectivity index is 1.81. The van der Waals surface area contributed by atoms with Crippen molar-refractivity contribution in [1.29, 1.82) is 0 Å². The quantitative estimate of drug-likeness (QED) is 0.686. The normalized spacial score (nSPS) is 11.8. The molecule has 0 bridgehead atoms. The molecule has 3 nitrogen and oxygen atoms in total. The number of amides is 1. The number of benzene rings is 2. The molecule has 126 valence electrons. The smallest absolute Gasteiger partial charge is 0.225 e. The molecule has 25 heavy (non-hydrogen) atoms. The van der Waals surface area contributed by atoms with Crippen LogP contribution in [0, 0.1) is 6.92 Å². The van der Waals surface area contributed by atoms with Crippen molar-refractivity contribution in [3.05, 3.63) is 99.8 Å². The highest BCUT2D eigenvalue weighted by molar-refractivity contribution is 9.10. The standard InChI is InChI=1S/C21H19BrN2O/c1-15-7-8-16(14-23-15)13-20(25)24-21(17-5-3-2-4-6-17)18-9-11-19(22)12-10-18/h2-12,14,21H,13H2,1H3,(H,24,25)/t21-/m0/s1. The molecule has 0 unspecified atom stereocenters. The van der Waals surface area contributed by atoms with Crippen LogP contribution in [0.25, 0.3) is 0 Å². The minimum Gasteiger partial charge on any atom is -0.345 e. The first kappa shape index (κ1) is 17.4. The van der Waals surface area contributed by atoms with Gasteiger partial charge in [0, 0.05) is 16.4 Å². The van der Waals surface area contributed by atoms with E-state index < -0.39 is 0 Å². The second kappa shape index (κ2) is 8.08. The van der Waals surface area contributed by atoms with Crippen LogP contribution in [0.2, 0.25) is 0 Å². The molecule has 1 atom stereocenters. The Morgan fingerprint density at radius 1 is 1.00 bits per heavy atom. The fourth-order valence-corrected chi connectivity index (χ4v) is 2.92. The molecule has 0 saturated carbocycles. The summed E-state index contributed by atoms with van der Waals surface area (Å²) in [5.41, 5.74) is 3.96. The van der Waals surface area contributed by atoms with E-state index in [0.29, 0.717) is 6.42 Å². The molecule has 3 aromatic rings. The van der Waals surface area contributed by atoms with Crippen molar-refractivity contribution in [3.8, 4) is 0 Å². The lowest BCUT2D eigenvalue weighted by atomic mass is 9.98. The number of nitrogens with one attached hydrogen (secondary N) is 1. The highest BCUT2D eigenvalue weighted by atomic mass is 79.9. The summed E-state index contributed by atoms with van der Waals surface area (Å²) in [7, 11) is 0. The molecule has 0 radical (unpaired) electrons. The number of pyridine rings is 1. The van der Waals surface area contributed by atoms with Crippen LogP contribution >= 0.6 is 15.9 Å². The van der Waals surface area contributed by atoms with E-state index in [0.717, 1.165) is 26.9 Å². The average molecular weight is 395 g/mol. The molecule has 4 heteroatoms. The number of hydrogen-bond donors (Lipinski definition) is 1. The SMILES string of the molecule is Cc1ccc(CC(=O)N[C@@H](c2ccccc2)c2ccc(Br)cc2)cn1. The Bertz CT molecular complexity index is 830. The zero-order chi connectivity index (χ0) is 17.6. The molecule has 0 spiro atoms. The Labute approximate surface area is 156 Å². The third kappa shape index (κ3) is 4.77. The van der Waals surface area contributed by atoms with Crippen molar-refractivity contribution < 1.29 is 4.79 Å². The van der Waals surface area contributed by atoms with E-state index in [9.17, 15) is 4.79 Å². The zero-order valence-corrected chi connectivity index (χ0v) is 15.5. The lowest BCUT2D eigenvalue weighted by Crippen LogP contribution is -2.30. The van der Waals surface area contributed by atoms with Gasteiger partial charge in [0.15, 0.2) is 0 Å². The minimum atomic E-state index is -0.180. The summed E-state index contributed by atoms with van der Waals surface area (Å²) >= 11 is 3.46. The van der Waals surface area contributed by atoms with Gasteiger partial charge in [-0.25, -0.2) is 0 Å². The van der Waals surface area contributed by atoms with Crippen molar-refractivity contribution >= 4 is 21.8 Å². The number of halogens is 1. The van der Waals surface area contributed by atoms with E-state index in [2.05, 4.69) is 26.2 Å². The van der Waals surface area contributed by atoms with E-state index in [1.807, 2.05) is 73.7 Å². The maximum absolute atomic E-state index is 12.6. The van der Waals surface area contributed by atoms with E-state index in [-0.39, 0.29) is 11.9 Å². The lowest BCUT2D eigenvalue weighted by Gasteiger charge is -2.20. The lowest BCUT2D eigenvalue weighted by molar-refractivity contribution is -0.120. The van der Waals surface area contributed by atoms with Crippen molar-refractivity contribution in [3.63, 3.8) is 0 Å². The van der Waals surface area contributed by atoms with Crippen LogP contribution in [-0.2, 0) is 11.2 Å². The van der Waals surface area contributed by atoms with Crippen LogP contribution in [0.5, 0.6) is 0 Å².